The smallest absolute Gasteiger partial charge is 0.449 e. The number of carbonyl (C=O) groups excluding carboxylic acids is 4. The van der Waals surface area contributed by atoms with Crippen LogP contribution in [0.3, 0.4) is 0 Å². The Bertz CT molecular complexity index is 1050. The van der Waals surface area contributed by atoms with Crippen molar-refractivity contribution in [1.29, 1.82) is 0 Å². The van der Waals surface area contributed by atoms with E-state index in [0.29, 0.717) is 24.0 Å². The third-order valence-corrected chi connectivity index (χ3v) is 11.2. The molecule has 0 heterocycles. The standard InChI is InChI=1S/C34H62O7.C5H9Cl3NO6P/c1-3-5-6-7-8-9-10-11-12-14-17-20-23-26-33(37)40-30-31(29-35)41-34(38)27-24-21-18-15-13-16-19-22-25-28-39-32(36)4-2;1-2-13-9(6)5(10)12-3-4-16(11,14-7)15-8/h4,31,35H,2-3,5-30H2,1H3;2-4H2,1H3/t31-;/m0./s1. The number of hydrogen-bond donors (Lipinski definition) is 1. The van der Waals surface area contributed by atoms with Crippen molar-refractivity contribution in [1.82, 2.24) is 4.58 Å². The van der Waals surface area contributed by atoms with Gasteiger partial charge in [0.2, 0.25) is 0 Å². The molecule has 0 aliphatic heterocycles. The monoisotopic (exact) mass is 897 g/mol. The van der Waals surface area contributed by atoms with E-state index in [0.717, 1.165) is 77.0 Å². The van der Waals surface area contributed by atoms with Crippen LogP contribution >= 0.6 is 43.1 Å². The van der Waals surface area contributed by atoms with Gasteiger partial charge in [-0.15, -0.1) is 0 Å². The van der Waals surface area contributed by atoms with Gasteiger partial charge in [-0.1, -0.05) is 140 Å². The van der Waals surface area contributed by atoms with Gasteiger partial charge >= 0.3 is 31.6 Å². The largest absolute Gasteiger partial charge is 0.463 e. The Morgan fingerprint density at radius 1 is 0.667 bits per heavy atom. The van der Waals surface area contributed by atoms with Crippen LogP contribution < -0.4 is 0 Å². The number of nitrogens with zero attached hydrogens (tertiary/aromatic N) is 1. The molecule has 0 unspecified atom stereocenters. The fourth-order valence-corrected chi connectivity index (χ4v) is 6.59. The molecule has 0 rings (SSSR count). The van der Waals surface area contributed by atoms with Gasteiger partial charge in [-0.3, -0.25) is 19.0 Å². The zero-order valence-corrected chi connectivity index (χ0v) is 37.6. The maximum atomic E-state index is 12.1. The minimum absolute atomic E-state index is 0.0871. The van der Waals surface area contributed by atoms with E-state index < -0.39 is 19.8 Å². The first kappa shape index (κ1) is 57.5. The Balaban J connectivity index is 0. The fraction of sp³-hybridized carbons (Fsp3) is 0.846. The Morgan fingerprint density at radius 3 is 1.56 bits per heavy atom. The number of hydrogen-bond acceptors (Lipinski definition) is 13. The van der Waals surface area contributed by atoms with Gasteiger partial charge in [0.05, 0.1) is 49.7 Å². The highest BCUT2D eigenvalue weighted by Crippen LogP contribution is 2.50. The lowest BCUT2D eigenvalue weighted by atomic mass is 10.0. The summed E-state index contributed by atoms with van der Waals surface area (Å²) in [6.07, 6.45) is 25.4. The van der Waals surface area contributed by atoms with E-state index in [4.69, 9.17) is 49.7 Å². The number of aliphatic hydroxyl groups excluding tert-OH is 1. The molecule has 336 valence electrons. The Hall–Kier alpha value is -1.64. The van der Waals surface area contributed by atoms with Crippen LogP contribution in [-0.4, -0.2) is 79.0 Å². The number of aliphatic hydroxyl groups is 1. The average Bonchev–Trinajstić information content (AvgIpc) is 3.21. The molecule has 0 aliphatic rings. The third kappa shape index (κ3) is 39.6. The van der Waals surface area contributed by atoms with E-state index in [1.54, 1.807) is 6.92 Å². The van der Waals surface area contributed by atoms with Crippen molar-refractivity contribution >= 4 is 67.1 Å². The van der Waals surface area contributed by atoms with Crippen molar-refractivity contribution in [2.45, 2.75) is 174 Å². The van der Waals surface area contributed by atoms with Crippen LogP contribution in [0.4, 0.5) is 4.79 Å². The molecular weight excluding hydrogens is 828 g/mol. The van der Waals surface area contributed by atoms with Crippen molar-refractivity contribution in [3.63, 3.8) is 0 Å². The predicted octanol–water partition coefficient (Wildman–Crippen LogP) is 11.6. The van der Waals surface area contributed by atoms with Crippen molar-refractivity contribution in [3.05, 3.63) is 12.7 Å². The predicted molar refractivity (Wildman–Crippen MR) is 223 cm³/mol. The molecular formula is C39H71Cl3NO13P. The van der Waals surface area contributed by atoms with E-state index in [1.807, 2.05) is 0 Å². The first-order chi connectivity index (χ1) is 27.5. The molecule has 0 aliphatic carbocycles. The van der Waals surface area contributed by atoms with Crippen molar-refractivity contribution in [2.75, 3.05) is 39.2 Å². The van der Waals surface area contributed by atoms with Gasteiger partial charge in [0.15, 0.2) is 6.10 Å². The maximum Gasteiger partial charge on any atom is 0.449 e. The molecule has 1 N–H and O–H groups in total. The second-order valence-corrected chi connectivity index (χ2v) is 16.6. The number of carbonyl (C=O) groups is 4. The molecule has 0 saturated carbocycles. The number of ether oxygens (including phenoxy) is 4. The first-order valence-corrected chi connectivity index (χ1v) is 23.4. The lowest BCUT2D eigenvalue weighted by Gasteiger charge is -2.15. The molecule has 1 amide bonds. The second-order valence-electron chi connectivity index (χ2n) is 13.5. The van der Waals surface area contributed by atoms with Crippen LogP contribution in [0.5, 0.6) is 0 Å². The summed E-state index contributed by atoms with van der Waals surface area (Å²) in [5.41, 5.74) is 0. The van der Waals surface area contributed by atoms with Gasteiger partial charge in [0.25, 0.3) is 0 Å². The number of amides is 1. The summed E-state index contributed by atoms with van der Waals surface area (Å²) in [5, 5.41) is 9.49. The van der Waals surface area contributed by atoms with E-state index >= 15 is 0 Å². The molecule has 18 heteroatoms. The molecule has 0 spiro atoms. The Kier molecular flexibility index (Phi) is 42.8. The van der Waals surface area contributed by atoms with Gasteiger partial charge in [-0.2, -0.15) is 8.15 Å². The van der Waals surface area contributed by atoms with Gasteiger partial charge in [0.1, 0.15) is 13.2 Å². The SMILES string of the molecule is C=CC(=O)OCCCCCCCCCCCC(=O)O[C@@H](CO)COC(=O)CCCCCCCCCCCCCCC.CCON(Cl)C(=O)OCCP(=O)(OCl)OCl. The normalized spacial score (nSPS) is 11.5. The van der Waals surface area contributed by atoms with Crippen LogP contribution in [0.1, 0.15) is 168 Å². The quantitative estimate of drug-likeness (QED) is 0.0118. The molecule has 0 saturated heterocycles. The number of rotatable bonds is 38. The van der Waals surface area contributed by atoms with Crippen LogP contribution in [0.15, 0.2) is 12.7 Å². The van der Waals surface area contributed by atoms with E-state index in [1.165, 1.54) is 70.3 Å². The number of hydroxylamine groups is 1. The molecule has 0 radical (unpaired) electrons. The maximum absolute atomic E-state index is 12.1. The summed E-state index contributed by atoms with van der Waals surface area (Å²) in [7, 11) is -3.63. The summed E-state index contributed by atoms with van der Waals surface area (Å²) in [6, 6.07) is 0. The highest BCUT2D eigenvalue weighted by molar-refractivity contribution is 7.55. The van der Waals surface area contributed by atoms with Gasteiger partial charge in [0, 0.05) is 30.7 Å². The molecule has 14 nitrogen and oxygen atoms in total. The fourth-order valence-electron chi connectivity index (χ4n) is 5.30. The van der Waals surface area contributed by atoms with Gasteiger partial charge < -0.3 is 24.1 Å². The highest BCUT2D eigenvalue weighted by atomic mass is 35.5. The topological polar surface area (TPSA) is 173 Å². The highest BCUT2D eigenvalue weighted by Gasteiger charge is 2.26. The molecule has 0 bridgehead atoms. The van der Waals surface area contributed by atoms with E-state index in [9.17, 15) is 28.8 Å². The van der Waals surface area contributed by atoms with Gasteiger partial charge in [-0.05, 0) is 26.2 Å². The average molecular weight is 899 g/mol. The van der Waals surface area contributed by atoms with Crippen LogP contribution in [0.2, 0.25) is 0 Å². The summed E-state index contributed by atoms with van der Waals surface area (Å²) in [4.78, 5) is 50.6. The van der Waals surface area contributed by atoms with Crippen LogP contribution in [0.25, 0.3) is 0 Å². The summed E-state index contributed by atoms with van der Waals surface area (Å²) in [5.74, 6) is -1.01. The zero-order valence-electron chi connectivity index (χ0n) is 34.4. The molecule has 0 aromatic rings. The van der Waals surface area contributed by atoms with Crippen LogP contribution in [-0.2, 0) is 50.9 Å². The number of halogens is 3. The van der Waals surface area contributed by atoms with Crippen molar-refractivity contribution in [2.24, 2.45) is 0 Å². The minimum Gasteiger partial charge on any atom is -0.463 e. The number of unbranched alkanes of at least 4 members (excludes halogenated alkanes) is 20. The molecule has 57 heavy (non-hydrogen) atoms. The summed E-state index contributed by atoms with van der Waals surface area (Å²) >= 11 is 15.0. The Morgan fingerprint density at radius 2 is 1.12 bits per heavy atom. The summed E-state index contributed by atoms with van der Waals surface area (Å²) < 4.78 is 39.6. The van der Waals surface area contributed by atoms with Gasteiger partial charge in [-0.25, -0.2) is 9.59 Å². The first-order valence-electron chi connectivity index (χ1n) is 20.7. The van der Waals surface area contributed by atoms with E-state index in [-0.39, 0.29) is 50.5 Å². The molecule has 0 aromatic carbocycles. The minimum atomic E-state index is -3.63. The Labute approximate surface area is 357 Å². The molecule has 0 aromatic heterocycles. The zero-order chi connectivity index (χ0) is 42.8. The van der Waals surface area contributed by atoms with Crippen molar-refractivity contribution < 1.29 is 60.8 Å². The molecule has 1 atom stereocenters. The second kappa shape index (κ2) is 42.5. The summed E-state index contributed by atoms with van der Waals surface area (Å²) in [6.45, 7) is 7.14. The lowest BCUT2D eigenvalue weighted by molar-refractivity contribution is -0.161. The third-order valence-electron chi connectivity index (χ3n) is 8.54. The van der Waals surface area contributed by atoms with Crippen LogP contribution in [0, 0.1) is 0 Å². The van der Waals surface area contributed by atoms with E-state index in [2.05, 4.69) is 31.2 Å². The number of esters is 3. The van der Waals surface area contributed by atoms with Crippen molar-refractivity contribution in [3.8, 4) is 0 Å². The molecule has 0 fully saturated rings. The lowest BCUT2D eigenvalue weighted by Crippen LogP contribution is -2.28.